The summed E-state index contributed by atoms with van der Waals surface area (Å²) < 4.78 is 0. The summed E-state index contributed by atoms with van der Waals surface area (Å²) in [6.45, 7) is 12.9. The zero-order valence-electron chi connectivity index (χ0n) is 15.9. The van der Waals surface area contributed by atoms with Crippen LogP contribution in [0.3, 0.4) is 0 Å². The van der Waals surface area contributed by atoms with Crippen molar-refractivity contribution in [2.24, 2.45) is 5.41 Å². The molecule has 1 N–H and O–H groups in total. The Morgan fingerprint density at radius 2 is 1.52 bits per heavy atom. The number of hydrogen-bond donors (Lipinski definition) is 1. The van der Waals surface area contributed by atoms with E-state index in [2.05, 4.69) is 64.6 Å². The van der Waals surface area contributed by atoms with Crippen LogP contribution in [0.4, 0.5) is 0 Å². The molecule has 1 aromatic rings. The Morgan fingerprint density at radius 3 is 1.80 bits per heavy atom. The Balaban J connectivity index is -0.000000336. The molecular weight excluding hydrogens is 410 g/mol. The van der Waals surface area contributed by atoms with Gasteiger partial charge in [0.15, 0.2) is 0 Å². The van der Waals surface area contributed by atoms with Crippen molar-refractivity contribution in [3.05, 3.63) is 52.6 Å². The standard InChI is InChI=1S/C10H13ClO.C9H13.CH2.2ClH.Ti/c1-10(2,3)7-4-8(11)6-9(12)5-7;1-9(2,3)8-6-4-5-7-8;;;;/h4-6,12H,1-3H3;4,6H,5H2,1-3H3;1H2;2*1H;/q;-1;;;;+1. The van der Waals surface area contributed by atoms with Gasteiger partial charge in [-0.3, -0.25) is 6.08 Å². The maximum absolute atomic E-state index is 9.27. The summed E-state index contributed by atoms with van der Waals surface area (Å²) in [4.78, 5) is 3.25. The van der Waals surface area contributed by atoms with Gasteiger partial charge >= 0.3 is 24.8 Å². The van der Waals surface area contributed by atoms with Crippen molar-refractivity contribution < 1.29 is 25.1 Å². The van der Waals surface area contributed by atoms with E-state index < -0.39 is 0 Å². The Kier molecular flexibility index (Phi) is 15.7. The molecule has 0 saturated heterocycles. The maximum atomic E-state index is 9.27. The summed E-state index contributed by atoms with van der Waals surface area (Å²) in [5.41, 5.74) is 2.73. The number of phenols is 1. The topological polar surface area (TPSA) is 20.2 Å². The van der Waals surface area contributed by atoms with Crippen molar-refractivity contribution >= 4 is 41.2 Å². The van der Waals surface area contributed by atoms with Crippen LogP contribution in [0.25, 0.3) is 0 Å². The molecule has 1 aliphatic carbocycles. The van der Waals surface area contributed by atoms with Crippen molar-refractivity contribution in [1.82, 2.24) is 0 Å². The van der Waals surface area contributed by atoms with E-state index in [0.717, 1.165) is 12.0 Å². The second-order valence-corrected chi connectivity index (χ2v) is 7.83. The van der Waals surface area contributed by atoms with E-state index in [1.54, 1.807) is 26.0 Å². The summed E-state index contributed by atoms with van der Waals surface area (Å²) in [5.74, 6) is 0.229. The molecule has 0 aromatic heterocycles. The third-order valence-electron chi connectivity index (χ3n) is 3.25. The molecule has 141 valence electrons. The van der Waals surface area contributed by atoms with Crippen LogP contribution in [0, 0.1) is 11.5 Å². The van der Waals surface area contributed by atoms with Crippen LogP contribution in [0.15, 0.2) is 35.9 Å². The van der Waals surface area contributed by atoms with E-state index >= 15 is 0 Å². The van der Waals surface area contributed by atoms with Gasteiger partial charge in [0, 0.05) is 5.02 Å². The predicted octanol–water partition coefficient (Wildman–Crippen LogP) is 6.87. The van der Waals surface area contributed by atoms with Crippen molar-refractivity contribution in [2.75, 3.05) is 0 Å². The number of phenolic OH excluding ortho intramolecular Hbond substituents is 1. The van der Waals surface area contributed by atoms with E-state index in [1.807, 2.05) is 6.07 Å². The first kappa shape index (κ1) is 29.7. The van der Waals surface area contributed by atoms with Crippen LogP contribution in [0.2, 0.25) is 5.02 Å². The van der Waals surface area contributed by atoms with Crippen LogP contribution in [0.5, 0.6) is 5.75 Å². The van der Waals surface area contributed by atoms with Gasteiger partial charge in [-0.2, -0.15) is 6.08 Å². The molecule has 0 radical (unpaired) electrons. The average Bonchev–Trinajstić information content (AvgIpc) is 2.93. The van der Waals surface area contributed by atoms with Crippen LogP contribution >= 0.6 is 36.4 Å². The summed E-state index contributed by atoms with van der Waals surface area (Å²) in [6.07, 6.45) is 8.63. The zero-order valence-corrected chi connectivity index (χ0v) is 19.9. The van der Waals surface area contributed by atoms with Gasteiger partial charge in [0.1, 0.15) is 5.75 Å². The molecule has 2 rings (SSSR count). The quantitative estimate of drug-likeness (QED) is 0.344. The molecule has 0 heterocycles. The second kappa shape index (κ2) is 13.2. The Labute approximate surface area is 182 Å². The molecule has 5 heteroatoms. The predicted molar refractivity (Wildman–Crippen MR) is 113 cm³/mol. The van der Waals surface area contributed by atoms with Gasteiger partial charge in [-0.1, -0.05) is 53.1 Å². The number of benzene rings is 1. The second-order valence-electron chi connectivity index (χ2n) is 7.40. The fraction of sp³-hybridized carbons (Fsp3) is 0.450. The zero-order chi connectivity index (χ0) is 18.3. The number of hydrogen-bond acceptors (Lipinski definition) is 1. The van der Waals surface area contributed by atoms with Crippen molar-refractivity contribution in [3.8, 4) is 5.75 Å². The van der Waals surface area contributed by atoms with Gasteiger partial charge in [-0.05, 0) is 34.6 Å². The van der Waals surface area contributed by atoms with Gasteiger partial charge in [0.05, 0.1) is 0 Å². The summed E-state index contributed by atoms with van der Waals surface area (Å²) in [6, 6.07) is 5.16. The third-order valence-corrected chi connectivity index (χ3v) is 3.47. The molecule has 1 aromatic carbocycles. The fourth-order valence-corrected chi connectivity index (χ4v) is 2.16. The number of rotatable bonds is 0. The SMILES string of the molecule is CC(C)(C)C1=[C-]CC=C1.CC(C)(C)c1cc(O)cc(Cl)c1.Cl.Cl.[CH2]=[Ti+]. The average molecular weight is 441 g/mol. The first-order valence-corrected chi connectivity index (χ1v) is 9.11. The van der Waals surface area contributed by atoms with Crippen LogP contribution < -0.4 is 0 Å². The Hall–Kier alpha value is -0.0457. The molecule has 0 aliphatic heterocycles. The molecule has 0 unspecified atom stereocenters. The number of aromatic hydroxyl groups is 1. The van der Waals surface area contributed by atoms with Crippen molar-refractivity contribution in [3.63, 3.8) is 0 Å². The third kappa shape index (κ3) is 12.0. The van der Waals surface area contributed by atoms with Gasteiger partial charge < -0.3 is 5.11 Å². The molecular formula is C20H30Cl3OTi. The molecule has 0 spiro atoms. The minimum absolute atomic E-state index is 0. The normalized spacial score (nSPS) is 12.4. The van der Waals surface area contributed by atoms with E-state index in [1.165, 1.54) is 11.6 Å². The van der Waals surface area contributed by atoms with Gasteiger partial charge in [0.2, 0.25) is 0 Å². The van der Waals surface area contributed by atoms with Crippen LogP contribution in [-0.2, 0) is 25.4 Å². The van der Waals surface area contributed by atoms with E-state index in [0.29, 0.717) is 10.4 Å². The van der Waals surface area contributed by atoms with Gasteiger partial charge in [-0.15, -0.1) is 31.2 Å². The summed E-state index contributed by atoms with van der Waals surface area (Å²) in [7, 11) is 0. The molecule has 0 bridgehead atoms. The molecule has 0 fully saturated rings. The van der Waals surface area contributed by atoms with E-state index in [9.17, 15) is 5.11 Å². The van der Waals surface area contributed by atoms with Crippen LogP contribution in [-0.4, -0.2) is 9.92 Å². The van der Waals surface area contributed by atoms with Gasteiger partial charge in [-0.25, -0.2) is 11.6 Å². The molecule has 1 aliphatic rings. The molecule has 0 amide bonds. The molecule has 0 atom stereocenters. The monoisotopic (exact) mass is 439 g/mol. The first-order valence-electron chi connectivity index (χ1n) is 7.63. The van der Waals surface area contributed by atoms with E-state index in [4.69, 9.17) is 11.6 Å². The fourth-order valence-electron chi connectivity index (χ4n) is 1.93. The summed E-state index contributed by atoms with van der Waals surface area (Å²) in [5, 5.41) is 9.86. The molecule has 25 heavy (non-hydrogen) atoms. The van der Waals surface area contributed by atoms with E-state index in [-0.39, 0.29) is 36.0 Å². The van der Waals surface area contributed by atoms with Crippen LogP contribution in [0.1, 0.15) is 53.5 Å². The van der Waals surface area contributed by atoms with Crippen molar-refractivity contribution in [2.45, 2.75) is 53.4 Å². The minimum atomic E-state index is 0. The molecule has 1 nitrogen and oxygen atoms in total. The number of halogens is 3. The summed E-state index contributed by atoms with van der Waals surface area (Å²) >= 11 is 7.55. The van der Waals surface area contributed by atoms with Crippen molar-refractivity contribution in [1.29, 1.82) is 0 Å². The molecule has 0 saturated carbocycles. The van der Waals surface area contributed by atoms with Gasteiger partial charge in [0.25, 0.3) is 0 Å². The Morgan fingerprint density at radius 1 is 1.00 bits per heavy atom. The Bertz CT molecular complexity index is 547. The number of allylic oxidation sites excluding steroid dienone is 4. The first-order chi connectivity index (χ1) is 10.5.